The van der Waals surface area contributed by atoms with E-state index < -0.39 is 5.97 Å². The van der Waals surface area contributed by atoms with Crippen LogP contribution in [0.25, 0.3) is 0 Å². The van der Waals surface area contributed by atoms with E-state index in [1.165, 1.54) is 7.11 Å². The molecule has 6 heteroatoms. The third-order valence-electron chi connectivity index (χ3n) is 5.82. The van der Waals surface area contributed by atoms with Gasteiger partial charge in [-0.2, -0.15) is 0 Å². The number of nitrogens with one attached hydrogen (secondary N) is 1. The molecular weight excluding hydrogens is 430 g/mol. The standard InChI is InChI=1S/C28H39NO5/c1-8-10-11-19(22-14-13-21(32-6)18-25(22)34-9-2)17-26(30)29-24-16-20(27(31)33-7)12-15-23(24)28(3,4)5/h12-16,18-19H,8-11,17H2,1-7H3,(H,29,30). The number of esters is 1. The van der Waals surface area contributed by atoms with Crippen molar-refractivity contribution in [3.8, 4) is 11.5 Å². The molecule has 2 aromatic rings. The molecule has 0 saturated carbocycles. The third kappa shape index (κ3) is 7.24. The second-order valence-electron chi connectivity index (χ2n) is 9.43. The van der Waals surface area contributed by atoms with Crippen LogP contribution in [0.4, 0.5) is 5.69 Å². The van der Waals surface area contributed by atoms with E-state index in [1.54, 1.807) is 19.2 Å². The number of hydrogen-bond donors (Lipinski definition) is 1. The number of anilines is 1. The van der Waals surface area contributed by atoms with E-state index in [0.29, 0.717) is 24.3 Å². The van der Waals surface area contributed by atoms with Gasteiger partial charge in [0.15, 0.2) is 0 Å². The highest BCUT2D eigenvalue weighted by Gasteiger charge is 2.24. The number of methoxy groups -OCH3 is 2. The van der Waals surface area contributed by atoms with Crippen LogP contribution in [0.15, 0.2) is 36.4 Å². The van der Waals surface area contributed by atoms with Crippen LogP contribution in [-0.2, 0) is 14.9 Å². The lowest BCUT2D eigenvalue weighted by Gasteiger charge is -2.25. The number of carbonyl (C=O) groups is 2. The van der Waals surface area contributed by atoms with Crippen molar-refractivity contribution in [2.45, 2.75) is 71.6 Å². The Balaban J connectivity index is 2.37. The first kappa shape index (κ1) is 27.2. The maximum absolute atomic E-state index is 13.3. The van der Waals surface area contributed by atoms with Crippen LogP contribution in [0.5, 0.6) is 11.5 Å². The summed E-state index contributed by atoms with van der Waals surface area (Å²) >= 11 is 0. The van der Waals surface area contributed by atoms with E-state index in [9.17, 15) is 9.59 Å². The highest BCUT2D eigenvalue weighted by Crippen LogP contribution is 2.37. The zero-order chi connectivity index (χ0) is 25.3. The van der Waals surface area contributed by atoms with Gasteiger partial charge in [-0.25, -0.2) is 4.79 Å². The molecule has 1 atom stereocenters. The normalized spacial score (nSPS) is 12.1. The average molecular weight is 470 g/mol. The molecule has 6 nitrogen and oxygen atoms in total. The molecule has 0 aliphatic rings. The van der Waals surface area contributed by atoms with Crippen molar-refractivity contribution < 1.29 is 23.8 Å². The second-order valence-corrected chi connectivity index (χ2v) is 9.43. The van der Waals surface area contributed by atoms with Gasteiger partial charge in [-0.1, -0.05) is 52.7 Å². The number of amides is 1. The molecule has 0 aromatic heterocycles. The van der Waals surface area contributed by atoms with E-state index in [1.807, 2.05) is 31.2 Å². The minimum atomic E-state index is -0.434. The molecule has 0 radical (unpaired) electrons. The van der Waals surface area contributed by atoms with Gasteiger partial charge < -0.3 is 19.5 Å². The van der Waals surface area contributed by atoms with Crippen LogP contribution in [0.1, 0.15) is 87.7 Å². The topological polar surface area (TPSA) is 73.9 Å². The molecule has 186 valence electrons. The fourth-order valence-corrected chi connectivity index (χ4v) is 4.05. The molecule has 2 aromatic carbocycles. The Hall–Kier alpha value is -3.02. The Labute approximate surface area is 204 Å². The number of hydrogen-bond acceptors (Lipinski definition) is 5. The summed E-state index contributed by atoms with van der Waals surface area (Å²) in [7, 11) is 2.98. The second kappa shape index (κ2) is 12.4. The number of unbranched alkanes of at least 4 members (excludes halogenated alkanes) is 1. The van der Waals surface area contributed by atoms with Crippen LogP contribution in [0, 0.1) is 0 Å². The Morgan fingerprint density at radius 1 is 1.03 bits per heavy atom. The highest BCUT2D eigenvalue weighted by molar-refractivity contribution is 5.96. The van der Waals surface area contributed by atoms with Crippen molar-refractivity contribution in [3.63, 3.8) is 0 Å². The van der Waals surface area contributed by atoms with Crippen LogP contribution >= 0.6 is 0 Å². The minimum Gasteiger partial charge on any atom is -0.497 e. The smallest absolute Gasteiger partial charge is 0.337 e. The van der Waals surface area contributed by atoms with Crippen LogP contribution in [0.3, 0.4) is 0 Å². The molecule has 0 saturated heterocycles. The van der Waals surface area contributed by atoms with Gasteiger partial charge in [-0.15, -0.1) is 0 Å². The Kier molecular flexibility index (Phi) is 9.97. The molecule has 2 rings (SSSR count). The fraction of sp³-hybridized carbons (Fsp3) is 0.500. The summed E-state index contributed by atoms with van der Waals surface area (Å²) < 4.78 is 16.1. The van der Waals surface area contributed by atoms with E-state index >= 15 is 0 Å². The van der Waals surface area contributed by atoms with Gasteiger partial charge in [0, 0.05) is 18.2 Å². The summed E-state index contributed by atoms with van der Waals surface area (Å²) in [6.07, 6.45) is 3.21. The average Bonchev–Trinajstić information content (AvgIpc) is 2.80. The SMILES string of the molecule is CCCCC(CC(=O)Nc1cc(C(=O)OC)ccc1C(C)(C)C)c1ccc(OC)cc1OCC. The molecule has 0 aliphatic carbocycles. The summed E-state index contributed by atoms with van der Waals surface area (Å²) in [6.45, 7) is 10.8. The van der Waals surface area contributed by atoms with E-state index in [2.05, 4.69) is 33.0 Å². The zero-order valence-electron chi connectivity index (χ0n) is 21.6. The van der Waals surface area contributed by atoms with Crippen molar-refractivity contribution in [1.82, 2.24) is 0 Å². The molecule has 34 heavy (non-hydrogen) atoms. The number of ether oxygens (including phenoxy) is 3. The molecule has 1 unspecified atom stereocenters. The van der Waals surface area contributed by atoms with Crippen LogP contribution < -0.4 is 14.8 Å². The maximum atomic E-state index is 13.3. The quantitative estimate of drug-likeness (QED) is 0.381. The van der Waals surface area contributed by atoms with Gasteiger partial charge in [0.05, 0.1) is 26.4 Å². The van der Waals surface area contributed by atoms with Gasteiger partial charge in [0.2, 0.25) is 5.91 Å². The van der Waals surface area contributed by atoms with Crippen molar-refractivity contribution in [1.29, 1.82) is 0 Å². The first-order chi connectivity index (χ1) is 16.1. The van der Waals surface area contributed by atoms with Crippen LogP contribution in [0.2, 0.25) is 0 Å². The van der Waals surface area contributed by atoms with Gasteiger partial charge in [0.25, 0.3) is 0 Å². The van der Waals surface area contributed by atoms with E-state index in [4.69, 9.17) is 14.2 Å². The Bertz CT molecular complexity index is 977. The molecular formula is C28H39NO5. The summed E-state index contributed by atoms with van der Waals surface area (Å²) in [4.78, 5) is 25.4. The summed E-state index contributed by atoms with van der Waals surface area (Å²) in [5.74, 6) is 0.927. The lowest BCUT2D eigenvalue weighted by atomic mass is 9.85. The molecule has 0 heterocycles. The predicted octanol–water partition coefficient (Wildman–Crippen LogP) is 6.48. The predicted molar refractivity (Wildman–Crippen MR) is 136 cm³/mol. The Morgan fingerprint density at radius 3 is 2.35 bits per heavy atom. The van der Waals surface area contributed by atoms with Gasteiger partial charge in [0.1, 0.15) is 11.5 Å². The molecule has 1 N–H and O–H groups in total. The highest BCUT2D eigenvalue weighted by atomic mass is 16.5. The number of carbonyl (C=O) groups excluding carboxylic acids is 2. The number of benzene rings is 2. The molecule has 0 spiro atoms. The van der Waals surface area contributed by atoms with Gasteiger partial charge in [-0.05, 0) is 54.0 Å². The van der Waals surface area contributed by atoms with Crippen LogP contribution in [-0.4, -0.2) is 32.7 Å². The zero-order valence-corrected chi connectivity index (χ0v) is 21.6. The van der Waals surface area contributed by atoms with Crippen molar-refractivity contribution >= 4 is 17.6 Å². The summed E-state index contributed by atoms with van der Waals surface area (Å²) in [5, 5.41) is 3.07. The monoisotopic (exact) mass is 469 g/mol. The third-order valence-corrected chi connectivity index (χ3v) is 5.82. The van der Waals surface area contributed by atoms with Crippen molar-refractivity contribution in [2.75, 3.05) is 26.1 Å². The summed E-state index contributed by atoms with van der Waals surface area (Å²) in [6, 6.07) is 11.1. The Morgan fingerprint density at radius 2 is 1.76 bits per heavy atom. The van der Waals surface area contributed by atoms with Crippen molar-refractivity contribution in [2.24, 2.45) is 0 Å². The molecule has 0 aliphatic heterocycles. The molecule has 1 amide bonds. The fourth-order valence-electron chi connectivity index (χ4n) is 4.05. The molecule has 0 bridgehead atoms. The first-order valence-corrected chi connectivity index (χ1v) is 12.0. The lowest BCUT2D eigenvalue weighted by Crippen LogP contribution is -2.21. The lowest BCUT2D eigenvalue weighted by molar-refractivity contribution is -0.116. The van der Waals surface area contributed by atoms with Gasteiger partial charge >= 0.3 is 5.97 Å². The largest absolute Gasteiger partial charge is 0.497 e. The van der Waals surface area contributed by atoms with Gasteiger partial charge in [-0.3, -0.25) is 4.79 Å². The summed E-state index contributed by atoms with van der Waals surface area (Å²) in [5.41, 5.74) is 2.79. The molecule has 0 fully saturated rings. The maximum Gasteiger partial charge on any atom is 0.337 e. The van der Waals surface area contributed by atoms with Crippen molar-refractivity contribution in [3.05, 3.63) is 53.1 Å². The number of rotatable bonds is 11. The van der Waals surface area contributed by atoms with E-state index in [0.717, 1.165) is 41.9 Å². The minimum absolute atomic E-state index is 0.00529. The van der Waals surface area contributed by atoms with E-state index in [-0.39, 0.29) is 17.2 Å². The first-order valence-electron chi connectivity index (χ1n) is 12.0.